The molecule has 1 heterocycles. The molecule has 6 heteroatoms. The topological polar surface area (TPSA) is 40.5 Å². The lowest BCUT2D eigenvalue weighted by Crippen LogP contribution is -2.43. The second-order valence-corrected chi connectivity index (χ2v) is 2.62. The van der Waals surface area contributed by atoms with Gasteiger partial charge in [0.15, 0.2) is 0 Å². The van der Waals surface area contributed by atoms with Crippen LogP contribution in [0.4, 0.5) is 13.2 Å². The van der Waals surface area contributed by atoms with Crippen molar-refractivity contribution in [3.05, 3.63) is 0 Å². The molecule has 1 saturated heterocycles. The Balaban J connectivity index is 2.64. The van der Waals surface area contributed by atoms with Crippen molar-refractivity contribution in [3.63, 3.8) is 0 Å². The van der Waals surface area contributed by atoms with E-state index in [0.29, 0.717) is 11.3 Å². The highest BCUT2D eigenvalue weighted by Crippen LogP contribution is 2.24. The fourth-order valence-electron chi connectivity index (χ4n) is 1.15. The van der Waals surface area contributed by atoms with Gasteiger partial charge in [-0.15, -0.1) is 0 Å². The van der Waals surface area contributed by atoms with E-state index in [9.17, 15) is 18.0 Å². The molecule has 0 aliphatic carbocycles. The SMILES string of the molecule is O=C(N1CCC[C@H]1O)C(F)(F)F. The molecule has 1 N–H and O–H groups in total. The summed E-state index contributed by atoms with van der Waals surface area (Å²) in [6.45, 7) is -0.0144. The number of carbonyl (C=O) groups is 1. The fourth-order valence-corrected chi connectivity index (χ4v) is 1.15. The van der Waals surface area contributed by atoms with E-state index in [0.717, 1.165) is 0 Å². The van der Waals surface area contributed by atoms with Crippen molar-refractivity contribution in [2.75, 3.05) is 6.54 Å². The number of amides is 1. The van der Waals surface area contributed by atoms with Gasteiger partial charge in [0.05, 0.1) is 0 Å². The molecule has 0 bridgehead atoms. The van der Waals surface area contributed by atoms with E-state index in [4.69, 9.17) is 5.11 Å². The van der Waals surface area contributed by atoms with Crippen LogP contribution in [0.25, 0.3) is 0 Å². The molecule has 1 aliphatic heterocycles. The van der Waals surface area contributed by atoms with Crippen LogP contribution < -0.4 is 0 Å². The number of nitrogens with zero attached hydrogens (tertiary/aromatic N) is 1. The maximum absolute atomic E-state index is 11.8. The minimum Gasteiger partial charge on any atom is -0.374 e. The van der Waals surface area contributed by atoms with Crippen molar-refractivity contribution >= 4 is 5.91 Å². The Morgan fingerprint density at radius 3 is 2.42 bits per heavy atom. The third-order valence-electron chi connectivity index (χ3n) is 1.72. The van der Waals surface area contributed by atoms with E-state index in [-0.39, 0.29) is 13.0 Å². The minimum absolute atomic E-state index is 0.0144. The second-order valence-electron chi connectivity index (χ2n) is 2.62. The van der Waals surface area contributed by atoms with E-state index in [1.807, 2.05) is 0 Å². The molecular formula is C6H8F3NO2. The fraction of sp³-hybridized carbons (Fsp3) is 0.833. The van der Waals surface area contributed by atoms with Gasteiger partial charge in [0.2, 0.25) is 0 Å². The standard InChI is InChI=1S/C6H8F3NO2/c7-6(8,9)5(12)10-3-1-2-4(10)11/h4,11H,1-3H2/t4-/m1/s1. The minimum atomic E-state index is -4.87. The van der Waals surface area contributed by atoms with Crippen LogP contribution in [0.3, 0.4) is 0 Å². The highest BCUT2D eigenvalue weighted by molar-refractivity contribution is 5.82. The molecule has 1 fully saturated rings. The molecule has 0 saturated carbocycles. The van der Waals surface area contributed by atoms with Crippen LogP contribution in [0, 0.1) is 0 Å². The summed E-state index contributed by atoms with van der Waals surface area (Å²) in [6.07, 6.45) is -5.49. The molecule has 1 atom stereocenters. The van der Waals surface area contributed by atoms with Crippen molar-refractivity contribution in [3.8, 4) is 0 Å². The molecule has 3 nitrogen and oxygen atoms in total. The molecule has 0 aromatic heterocycles. The van der Waals surface area contributed by atoms with E-state index >= 15 is 0 Å². The molecule has 70 valence electrons. The van der Waals surface area contributed by atoms with Gasteiger partial charge in [0.25, 0.3) is 0 Å². The van der Waals surface area contributed by atoms with E-state index in [2.05, 4.69) is 0 Å². The number of alkyl halides is 3. The molecule has 0 radical (unpaired) electrons. The smallest absolute Gasteiger partial charge is 0.374 e. The molecule has 1 rings (SSSR count). The van der Waals surface area contributed by atoms with Gasteiger partial charge in [-0.1, -0.05) is 0 Å². The number of halogens is 3. The zero-order chi connectivity index (χ0) is 9.35. The van der Waals surface area contributed by atoms with Gasteiger partial charge in [-0.3, -0.25) is 4.79 Å². The Morgan fingerprint density at radius 2 is 2.08 bits per heavy atom. The summed E-state index contributed by atoms with van der Waals surface area (Å²) in [5.74, 6) is -1.95. The van der Waals surface area contributed by atoms with Crippen molar-refractivity contribution < 1.29 is 23.1 Å². The second kappa shape index (κ2) is 2.93. The summed E-state index contributed by atoms with van der Waals surface area (Å²) >= 11 is 0. The Hall–Kier alpha value is -0.780. The summed E-state index contributed by atoms with van der Waals surface area (Å²) in [5.41, 5.74) is 0. The van der Waals surface area contributed by atoms with Crippen LogP contribution in [-0.2, 0) is 4.79 Å². The van der Waals surface area contributed by atoms with Gasteiger partial charge in [-0.25, -0.2) is 0 Å². The lowest BCUT2D eigenvalue weighted by molar-refractivity contribution is -0.191. The van der Waals surface area contributed by atoms with E-state index in [1.165, 1.54) is 0 Å². The van der Waals surface area contributed by atoms with Crippen LogP contribution in [0.5, 0.6) is 0 Å². The van der Waals surface area contributed by atoms with Crippen LogP contribution >= 0.6 is 0 Å². The first-order valence-corrected chi connectivity index (χ1v) is 3.49. The summed E-state index contributed by atoms with van der Waals surface area (Å²) in [4.78, 5) is 11.0. The number of rotatable bonds is 0. The molecule has 12 heavy (non-hydrogen) atoms. The van der Waals surface area contributed by atoms with Crippen molar-refractivity contribution in [2.45, 2.75) is 25.2 Å². The monoisotopic (exact) mass is 183 g/mol. The molecule has 0 aromatic carbocycles. The summed E-state index contributed by atoms with van der Waals surface area (Å²) < 4.78 is 35.3. The third kappa shape index (κ3) is 1.69. The third-order valence-corrected chi connectivity index (χ3v) is 1.72. The Morgan fingerprint density at radius 1 is 1.50 bits per heavy atom. The average Bonchev–Trinajstić information content (AvgIpc) is 2.31. The molecular weight excluding hydrogens is 175 g/mol. The predicted molar refractivity (Wildman–Crippen MR) is 33.0 cm³/mol. The summed E-state index contributed by atoms with van der Waals surface area (Å²) in [5, 5.41) is 8.93. The van der Waals surface area contributed by atoms with Gasteiger partial charge < -0.3 is 10.0 Å². The highest BCUT2D eigenvalue weighted by atomic mass is 19.4. The zero-order valence-electron chi connectivity index (χ0n) is 6.14. The van der Waals surface area contributed by atoms with Gasteiger partial charge in [0.1, 0.15) is 6.23 Å². The van der Waals surface area contributed by atoms with Crippen LogP contribution in [-0.4, -0.2) is 34.9 Å². The van der Waals surface area contributed by atoms with E-state index in [1.54, 1.807) is 0 Å². The van der Waals surface area contributed by atoms with Crippen LogP contribution in [0.15, 0.2) is 0 Å². The number of aliphatic hydroxyl groups excluding tert-OH is 1. The normalized spacial score (nSPS) is 24.7. The highest BCUT2D eigenvalue weighted by Gasteiger charge is 2.45. The maximum Gasteiger partial charge on any atom is 0.471 e. The molecule has 0 spiro atoms. The first-order chi connectivity index (χ1) is 5.43. The first kappa shape index (κ1) is 9.31. The van der Waals surface area contributed by atoms with E-state index < -0.39 is 18.3 Å². The number of hydrogen-bond donors (Lipinski definition) is 1. The lowest BCUT2D eigenvalue weighted by Gasteiger charge is -2.20. The van der Waals surface area contributed by atoms with Crippen molar-refractivity contribution in [1.29, 1.82) is 0 Å². The van der Waals surface area contributed by atoms with Gasteiger partial charge in [-0.05, 0) is 12.8 Å². The Labute approximate surface area is 66.8 Å². The average molecular weight is 183 g/mol. The van der Waals surface area contributed by atoms with Crippen LogP contribution in [0.2, 0.25) is 0 Å². The largest absolute Gasteiger partial charge is 0.471 e. The molecule has 0 unspecified atom stereocenters. The zero-order valence-corrected chi connectivity index (χ0v) is 6.14. The number of hydrogen-bond acceptors (Lipinski definition) is 2. The number of carbonyl (C=O) groups excluding carboxylic acids is 1. The van der Waals surface area contributed by atoms with Gasteiger partial charge in [0, 0.05) is 6.54 Å². The Kier molecular flexibility index (Phi) is 2.27. The van der Waals surface area contributed by atoms with Gasteiger partial charge in [-0.2, -0.15) is 13.2 Å². The molecule has 0 aromatic rings. The van der Waals surface area contributed by atoms with Crippen LogP contribution in [0.1, 0.15) is 12.8 Å². The lowest BCUT2D eigenvalue weighted by atomic mass is 10.4. The molecule has 1 aliphatic rings. The summed E-state index contributed by atoms with van der Waals surface area (Å²) in [6, 6.07) is 0. The quantitative estimate of drug-likeness (QED) is 0.593. The maximum atomic E-state index is 11.8. The van der Waals surface area contributed by atoms with Gasteiger partial charge >= 0.3 is 12.1 Å². The first-order valence-electron chi connectivity index (χ1n) is 3.49. The number of likely N-dealkylation sites (tertiary alicyclic amines) is 1. The van der Waals surface area contributed by atoms with Crippen molar-refractivity contribution in [2.24, 2.45) is 0 Å². The number of aliphatic hydroxyl groups is 1. The summed E-state index contributed by atoms with van der Waals surface area (Å²) in [7, 11) is 0. The predicted octanol–water partition coefficient (Wildman–Crippen LogP) is 0.489. The molecule has 1 amide bonds. The van der Waals surface area contributed by atoms with Crippen molar-refractivity contribution in [1.82, 2.24) is 4.90 Å². The Bertz CT molecular complexity index is 192.